The summed E-state index contributed by atoms with van der Waals surface area (Å²) >= 11 is 0. The van der Waals surface area contributed by atoms with E-state index in [-0.39, 0.29) is 17.0 Å². The standard InChI is InChI=1S/C19H30N2O2/c1-6-18(4)13-17(15(3)19(5,7-2)21(18)22)20-23-14-16-11-9-8-10-12-16/h8-12,15,22H,6-7,13-14H2,1-5H3/b20-17-. The van der Waals surface area contributed by atoms with Gasteiger partial charge >= 0.3 is 0 Å². The van der Waals surface area contributed by atoms with Crippen LogP contribution in [0.4, 0.5) is 0 Å². The zero-order valence-electron chi connectivity index (χ0n) is 15.0. The molecule has 1 heterocycles. The van der Waals surface area contributed by atoms with Crippen molar-refractivity contribution in [3.63, 3.8) is 0 Å². The highest BCUT2D eigenvalue weighted by molar-refractivity contribution is 5.89. The minimum Gasteiger partial charge on any atom is -0.391 e. The number of hydrogen-bond donors (Lipinski definition) is 1. The molecule has 1 fully saturated rings. The Labute approximate surface area is 140 Å². The van der Waals surface area contributed by atoms with Gasteiger partial charge in [0.1, 0.15) is 6.61 Å². The maximum Gasteiger partial charge on any atom is 0.142 e. The van der Waals surface area contributed by atoms with Crippen LogP contribution in [0.25, 0.3) is 0 Å². The Hall–Kier alpha value is -1.39. The third kappa shape index (κ3) is 3.43. The first-order valence-electron chi connectivity index (χ1n) is 8.59. The second-order valence-electron chi connectivity index (χ2n) is 7.11. The van der Waals surface area contributed by atoms with Crippen LogP contribution in [-0.4, -0.2) is 27.1 Å². The summed E-state index contributed by atoms with van der Waals surface area (Å²) in [6.07, 6.45) is 2.45. The zero-order chi connectivity index (χ0) is 17.1. The molecule has 1 aliphatic rings. The highest BCUT2D eigenvalue weighted by atomic mass is 16.6. The fourth-order valence-corrected chi connectivity index (χ4v) is 3.38. The zero-order valence-corrected chi connectivity index (χ0v) is 15.0. The summed E-state index contributed by atoms with van der Waals surface area (Å²) in [5.74, 6) is 0.146. The first kappa shape index (κ1) is 18.0. The van der Waals surface area contributed by atoms with E-state index in [1.165, 1.54) is 0 Å². The van der Waals surface area contributed by atoms with Crippen molar-refractivity contribution in [1.29, 1.82) is 0 Å². The summed E-state index contributed by atoms with van der Waals surface area (Å²) in [5, 5.41) is 16.8. The van der Waals surface area contributed by atoms with Crippen molar-refractivity contribution in [2.75, 3.05) is 0 Å². The molecular formula is C19H30N2O2. The molecule has 0 spiro atoms. The molecule has 0 aliphatic carbocycles. The van der Waals surface area contributed by atoms with Gasteiger partial charge in [0.15, 0.2) is 0 Å². The average molecular weight is 318 g/mol. The monoisotopic (exact) mass is 318 g/mol. The quantitative estimate of drug-likeness (QED) is 0.805. The number of piperidine rings is 1. The van der Waals surface area contributed by atoms with Crippen molar-refractivity contribution in [3.05, 3.63) is 35.9 Å². The lowest BCUT2D eigenvalue weighted by Crippen LogP contribution is -2.65. The van der Waals surface area contributed by atoms with Crippen molar-refractivity contribution in [2.45, 2.75) is 71.6 Å². The van der Waals surface area contributed by atoms with E-state index in [0.717, 1.165) is 30.5 Å². The Morgan fingerprint density at radius 3 is 2.43 bits per heavy atom. The number of hydrogen-bond acceptors (Lipinski definition) is 4. The van der Waals surface area contributed by atoms with Crippen LogP contribution in [0.15, 0.2) is 35.5 Å². The summed E-state index contributed by atoms with van der Waals surface area (Å²) < 4.78 is 0. The summed E-state index contributed by atoms with van der Waals surface area (Å²) in [5.41, 5.74) is 1.53. The Morgan fingerprint density at radius 1 is 1.22 bits per heavy atom. The molecule has 23 heavy (non-hydrogen) atoms. The molecule has 128 valence electrons. The van der Waals surface area contributed by atoms with Crippen LogP contribution in [-0.2, 0) is 11.4 Å². The van der Waals surface area contributed by atoms with E-state index in [9.17, 15) is 5.21 Å². The van der Waals surface area contributed by atoms with Crippen LogP contribution in [0.2, 0.25) is 0 Å². The van der Waals surface area contributed by atoms with E-state index in [0.29, 0.717) is 6.61 Å². The highest BCUT2D eigenvalue weighted by Crippen LogP contribution is 2.42. The topological polar surface area (TPSA) is 45.1 Å². The summed E-state index contributed by atoms with van der Waals surface area (Å²) in [6.45, 7) is 11.0. The van der Waals surface area contributed by atoms with E-state index in [2.05, 4.69) is 39.8 Å². The van der Waals surface area contributed by atoms with Crippen LogP contribution >= 0.6 is 0 Å². The lowest BCUT2D eigenvalue weighted by atomic mass is 9.70. The first-order chi connectivity index (χ1) is 10.9. The molecule has 1 saturated heterocycles. The third-order valence-electron chi connectivity index (χ3n) is 5.72. The molecule has 2 rings (SSSR count). The Morgan fingerprint density at radius 2 is 1.87 bits per heavy atom. The predicted molar refractivity (Wildman–Crippen MR) is 93.5 cm³/mol. The van der Waals surface area contributed by atoms with Crippen LogP contribution in [0.5, 0.6) is 0 Å². The molecule has 1 aliphatic heterocycles. The number of benzene rings is 1. The van der Waals surface area contributed by atoms with Gasteiger partial charge in [-0.3, -0.25) is 0 Å². The van der Waals surface area contributed by atoms with Gasteiger partial charge < -0.3 is 10.0 Å². The molecule has 3 unspecified atom stereocenters. The normalized spacial score (nSPS) is 33.8. The van der Waals surface area contributed by atoms with Gasteiger partial charge in [0.2, 0.25) is 0 Å². The maximum atomic E-state index is 10.8. The first-order valence-corrected chi connectivity index (χ1v) is 8.59. The molecule has 1 aromatic carbocycles. The van der Waals surface area contributed by atoms with Gasteiger partial charge in [0.05, 0.1) is 11.3 Å². The fourth-order valence-electron chi connectivity index (χ4n) is 3.38. The lowest BCUT2D eigenvalue weighted by molar-refractivity contribution is -0.249. The van der Waals surface area contributed by atoms with E-state index < -0.39 is 0 Å². The second kappa shape index (κ2) is 7.02. The molecule has 0 aromatic heterocycles. The maximum absolute atomic E-state index is 10.8. The van der Waals surface area contributed by atoms with Crippen molar-refractivity contribution >= 4 is 5.71 Å². The predicted octanol–water partition coefficient (Wildman–Crippen LogP) is 4.63. The molecule has 1 N–H and O–H groups in total. The number of nitrogens with zero attached hydrogens (tertiary/aromatic N) is 2. The van der Waals surface area contributed by atoms with Gasteiger partial charge in [-0.15, -0.1) is 0 Å². The lowest BCUT2D eigenvalue weighted by Gasteiger charge is -2.54. The summed E-state index contributed by atoms with van der Waals surface area (Å²) in [6, 6.07) is 10.1. The van der Waals surface area contributed by atoms with Crippen LogP contribution in [0, 0.1) is 5.92 Å². The van der Waals surface area contributed by atoms with Gasteiger partial charge in [-0.05, 0) is 32.3 Å². The molecule has 0 radical (unpaired) electrons. The van der Waals surface area contributed by atoms with Crippen LogP contribution in [0.3, 0.4) is 0 Å². The van der Waals surface area contributed by atoms with Gasteiger partial charge in [-0.2, -0.15) is 5.06 Å². The fraction of sp³-hybridized carbons (Fsp3) is 0.632. The Bertz CT molecular complexity index is 546. The largest absolute Gasteiger partial charge is 0.391 e. The average Bonchev–Trinajstić information content (AvgIpc) is 2.58. The number of hydroxylamine groups is 2. The van der Waals surface area contributed by atoms with Gasteiger partial charge in [-0.25, -0.2) is 0 Å². The van der Waals surface area contributed by atoms with Crippen molar-refractivity contribution in [1.82, 2.24) is 5.06 Å². The Kier molecular flexibility index (Phi) is 5.48. The van der Waals surface area contributed by atoms with Crippen LogP contribution in [0.1, 0.15) is 59.4 Å². The Balaban J connectivity index is 2.18. The van der Waals surface area contributed by atoms with E-state index >= 15 is 0 Å². The van der Waals surface area contributed by atoms with E-state index in [4.69, 9.17) is 4.84 Å². The summed E-state index contributed by atoms with van der Waals surface area (Å²) in [4.78, 5) is 5.63. The highest BCUT2D eigenvalue weighted by Gasteiger charge is 2.51. The molecule has 4 nitrogen and oxygen atoms in total. The number of rotatable bonds is 5. The van der Waals surface area contributed by atoms with Crippen molar-refractivity contribution < 1.29 is 10.0 Å². The van der Waals surface area contributed by atoms with Crippen molar-refractivity contribution in [2.24, 2.45) is 11.1 Å². The second-order valence-corrected chi connectivity index (χ2v) is 7.11. The number of oxime groups is 1. The van der Waals surface area contributed by atoms with E-state index in [1.807, 2.05) is 30.3 Å². The molecule has 4 heteroatoms. The van der Waals surface area contributed by atoms with E-state index in [1.54, 1.807) is 5.06 Å². The van der Waals surface area contributed by atoms with Gasteiger partial charge in [-0.1, -0.05) is 56.3 Å². The minimum absolute atomic E-state index is 0.146. The van der Waals surface area contributed by atoms with Gasteiger partial charge in [0.25, 0.3) is 0 Å². The molecule has 0 amide bonds. The smallest absolute Gasteiger partial charge is 0.142 e. The molecule has 1 aromatic rings. The third-order valence-corrected chi connectivity index (χ3v) is 5.72. The minimum atomic E-state index is -0.321. The summed E-state index contributed by atoms with van der Waals surface area (Å²) in [7, 11) is 0. The van der Waals surface area contributed by atoms with Crippen LogP contribution < -0.4 is 0 Å². The molecular weight excluding hydrogens is 288 g/mol. The molecule has 0 saturated carbocycles. The van der Waals surface area contributed by atoms with Crippen molar-refractivity contribution in [3.8, 4) is 0 Å². The SMILES string of the molecule is CCC1(C)C/C(=N/OCc2ccccc2)C(C)C(C)(CC)N1O. The van der Waals surface area contributed by atoms with Gasteiger partial charge in [0, 0.05) is 17.9 Å². The molecule has 0 bridgehead atoms. The molecule has 3 atom stereocenters.